The summed E-state index contributed by atoms with van der Waals surface area (Å²) in [7, 11) is 1.26. The normalized spacial score (nSPS) is 27.6. The van der Waals surface area contributed by atoms with Gasteiger partial charge in [-0.3, -0.25) is 0 Å². The van der Waals surface area contributed by atoms with Crippen LogP contribution in [-0.4, -0.2) is 30.6 Å². The Balaban J connectivity index is 2.99. The minimum absolute atomic E-state index is 0.291. The molecule has 1 N–H and O–H groups in total. The van der Waals surface area contributed by atoms with E-state index in [9.17, 15) is 14.7 Å². The lowest BCUT2D eigenvalue weighted by Crippen LogP contribution is -2.12. The van der Waals surface area contributed by atoms with Gasteiger partial charge in [0.25, 0.3) is 0 Å². The van der Waals surface area contributed by atoms with Gasteiger partial charge in [-0.1, -0.05) is 0 Å². The summed E-state index contributed by atoms with van der Waals surface area (Å²) in [5.41, 5.74) is 0.856. The van der Waals surface area contributed by atoms with Gasteiger partial charge in [-0.05, 0) is 18.9 Å². The van der Waals surface area contributed by atoms with Crippen LogP contribution in [0.2, 0.25) is 0 Å². The maximum Gasteiger partial charge on any atom is 0.334 e. The quantitative estimate of drug-likeness (QED) is 0.486. The molecule has 0 aliphatic heterocycles. The number of hydrogen-bond donors (Lipinski definition) is 1. The molecule has 0 heterocycles. The number of hydrogen-bond acceptors (Lipinski definition) is 4. The van der Waals surface area contributed by atoms with E-state index in [0.29, 0.717) is 23.9 Å². The van der Waals surface area contributed by atoms with Crippen LogP contribution in [0.15, 0.2) is 11.1 Å². The lowest BCUT2D eigenvalue weighted by molar-refractivity contribution is -0.137. The molecule has 0 aromatic carbocycles. The number of methoxy groups -OCH3 is 1. The average molecular weight is 184 g/mol. The maximum atomic E-state index is 11.2. The summed E-state index contributed by atoms with van der Waals surface area (Å²) in [4.78, 5) is 21.8. The van der Waals surface area contributed by atoms with Crippen LogP contribution in [0.3, 0.4) is 0 Å². The molecular weight excluding hydrogens is 172 g/mol. The van der Waals surface area contributed by atoms with Crippen LogP contribution in [0, 0.1) is 5.92 Å². The molecule has 0 amide bonds. The van der Waals surface area contributed by atoms with Gasteiger partial charge in [0.15, 0.2) is 0 Å². The van der Waals surface area contributed by atoms with E-state index in [-0.39, 0.29) is 0 Å². The van der Waals surface area contributed by atoms with E-state index in [1.807, 2.05) is 0 Å². The summed E-state index contributed by atoms with van der Waals surface area (Å²) in [6.07, 6.45) is 0.274. The Morgan fingerprint density at radius 2 is 2.31 bits per heavy atom. The number of ether oxygens (including phenoxy) is 1. The summed E-state index contributed by atoms with van der Waals surface area (Å²) >= 11 is 0. The van der Waals surface area contributed by atoms with E-state index >= 15 is 0 Å². The molecule has 13 heavy (non-hydrogen) atoms. The molecule has 1 aliphatic carbocycles. The summed E-state index contributed by atoms with van der Waals surface area (Å²) < 4.78 is 4.52. The van der Waals surface area contributed by atoms with Crippen molar-refractivity contribution in [2.45, 2.75) is 19.4 Å². The molecule has 0 fully saturated rings. The third-order valence-electron chi connectivity index (χ3n) is 2.34. The third kappa shape index (κ3) is 1.62. The monoisotopic (exact) mass is 184 g/mol. The van der Waals surface area contributed by atoms with Crippen molar-refractivity contribution in [3.8, 4) is 0 Å². The van der Waals surface area contributed by atoms with Crippen LogP contribution in [0.1, 0.15) is 13.3 Å². The van der Waals surface area contributed by atoms with Gasteiger partial charge in [0.05, 0.1) is 13.2 Å². The van der Waals surface area contributed by atoms with E-state index < -0.39 is 18.0 Å². The smallest absolute Gasteiger partial charge is 0.334 e. The maximum absolute atomic E-state index is 11.2. The Kier molecular flexibility index (Phi) is 2.83. The zero-order chi connectivity index (χ0) is 10.0. The molecule has 0 aromatic rings. The lowest BCUT2D eigenvalue weighted by atomic mass is 10.0. The molecule has 0 bridgehead atoms. The highest BCUT2D eigenvalue weighted by molar-refractivity contribution is 5.94. The molecule has 0 saturated heterocycles. The zero-order valence-electron chi connectivity index (χ0n) is 7.61. The van der Waals surface area contributed by atoms with Gasteiger partial charge in [-0.25, -0.2) is 4.79 Å². The van der Waals surface area contributed by atoms with Crippen LogP contribution >= 0.6 is 0 Å². The summed E-state index contributed by atoms with van der Waals surface area (Å²) in [5.74, 6) is -1.03. The number of carbonyl (C=O) groups excluding carboxylic acids is 2. The van der Waals surface area contributed by atoms with Gasteiger partial charge in [0, 0.05) is 11.5 Å². The van der Waals surface area contributed by atoms with Crippen LogP contribution in [0.25, 0.3) is 0 Å². The van der Waals surface area contributed by atoms with Crippen LogP contribution in [0.4, 0.5) is 0 Å². The van der Waals surface area contributed by atoms with Crippen molar-refractivity contribution in [1.82, 2.24) is 0 Å². The van der Waals surface area contributed by atoms with Gasteiger partial charge in [-0.15, -0.1) is 0 Å². The molecule has 1 aliphatic rings. The Hall–Kier alpha value is -1.16. The van der Waals surface area contributed by atoms with Crippen molar-refractivity contribution in [2.24, 2.45) is 5.92 Å². The summed E-state index contributed by atoms with van der Waals surface area (Å²) in [5, 5.41) is 9.39. The molecule has 4 heteroatoms. The highest BCUT2D eigenvalue weighted by atomic mass is 16.5. The van der Waals surface area contributed by atoms with Crippen LogP contribution < -0.4 is 0 Å². The number of esters is 1. The molecule has 0 unspecified atom stereocenters. The van der Waals surface area contributed by atoms with Crippen LogP contribution in [-0.2, 0) is 14.3 Å². The topological polar surface area (TPSA) is 63.6 Å². The highest BCUT2D eigenvalue weighted by Gasteiger charge is 2.34. The molecule has 0 radical (unpaired) electrons. The highest BCUT2D eigenvalue weighted by Crippen LogP contribution is 2.31. The van der Waals surface area contributed by atoms with E-state index in [0.717, 1.165) is 0 Å². The van der Waals surface area contributed by atoms with Crippen molar-refractivity contribution in [1.29, 1.82) is 0 Å². The minimum atomic E-state index is -0.690. The van der Waals surface area contributed by atoms with Crippen molar-refractivity contribution in [3.05, 3.63) is 11.1 Å². The fourth-order valence-electron chi connectivity index (χ4n) is 1.55. The first-order valence-electron chi connectivity index (χ1n) is 4.04. The van der Waals surface area contributed by atoms with Crippen molar-refractivity contribution < 1.29 is 19.4 Å². The second kappa shape index (κ2) is 3.70. The molecule has 0 aromatic heterocycles. The Bertz CT molecular complexity index is 267. The van der Waals surface area contributed by atoms with E-state index in [1.54, 1.807) is 6.92 Å². The first-order valence-corrected chi connectivity index (χ1v) is 4.04. The number of rotatable bonds is 2. The van der Waals surface area contributed by atoms with Gasteiger partial charge in [-0.2, -0.15) is 0 Å². The largest absolute Gasteiger partial charge is 0.466 e. The van der Waals surface area contributed by atoms with E-state index in [1.165, 1.54) is 7.11 Å². The van der Waals surface area contributed by atoms with Gasteiger partial charge < -0.3 is 14.6 Å². The lowest BCUT2D eigenvalue weighted by Gasteiger charge is -2.04. The number of carbonyl (C=O) groups is 2. The second-order valence-electron chi connectivity index (χ2n) is 3.08. The molecule has 0 saturated carbocycles. The SMILES string of the molecule is COC(=O)C1=C(C)[C@H](O)C[C@@H]1C=O. The first-order chi connectivity index (χ1) is 6.11. The average Bonchev–Trinajstić information content (AvgIpc) is 2.42. The Labute approximate surface area is 76.2 Å². The molecule has 2 atom stereocenters. The van der Waals surface area contributed by atoms with E-state index in [4.69, 9.17) is 0 Å². The summed E-state index contributed by atoms with van der Waals surface area (Å²) in [6.45, 7) is 1.64. The van der Waals surface area contributed by atoms with Gasteiger partial charge >= 0.3 is 5.97 Å². The fraction of sp³-hybridized carbons (Fsp3) is 0.556. The van der Waals surface area contributed by atoms with Crippen molar-refractivity contribution in [3.63, 3.8) is 0 Å². The third-order valence-corrected chi connectivity index (χ3v) is 2.34. The predicted octanol–water partition coefficient (Wildman–Crippen LogP) is 0.0556. The second-order valence-corrected chi connectivity index (χ2v) is 3.08. The van der Waals surface area contributed by atoms with Crippen LogP contribution in [0.5, 0.6) is 0 Å². The van der Waals surface area contributed by atoms with Gasteiger partial charge in [0.2, 0.25) is 0 Å². The number of aldehydes is 1. The Morgan fingerprint density at radius 1 is 1.69 bits per heavy atom. The fourth-order valence-corrected chi connectivity index (χ4v) is 1.55. The zero-order valence-corrected chi connectivity index (χ0v) is 7.61. The van der Waals surface area contributed by atoms with Gasteiger partial charge in [0.1, 0.15) is 6.29 Å². The standard InChI is InChI=1S/C9H12O4/c1-5-7(11)3-6(4-10)8(5)9(12)13-2/h4,6-7,11H,3H2,1-2H3/t6-,7-/m1/s1. The predicted molar refractivity (Wildman–Crippen MR) is 44.9 cm³/mol. The molecule has 0 spiro atoms. The molecule has 4 nitrogen and oxygen atoms in total. The molecule has 1 rings (SSSR count). The first kappa shape index (κ1) is 9.92. The number of aliphatic hydroxyl groups is 1. The van der Waals surface area contributed by atoms with Crippen molar-refractivity contribution in [2.75, 3.05) is 7.11 Å². The molecular formula is C9H12O4. The minimum Gasteiger partial charge on any atom is -0.466 e. The van der Waals surface area contributed by atoms with E-state index in [2.05, 4.69) is 4.74 Å². The van der Waals surface area contributed by atoms with Crippen molar-refractivity contribution >= 4 is 12.3 Å². The summed E-state index contributed by atoms with van der Waals surface area (Å²) in [6, 6.07) is 0. The Morgan fingerprint density at radius 3 is 2.77 bits per heavy atom. The molecule has 72 valence electrons. The number of aliphatic hydroxyl groups excluding tert-OH is 1.